The van der Waals surface area contributed by atoms with Gasteiger partial charge in [0.25, 0.3) is 0 Å². The number of nitrogens with zero attached hydrogens (tertiary/aromatic N) is 2. The molecule has 0 bridgehead atoms. The van der Waals surface area contributed by atoms with Crippen LogP contribution in [-0.4, -0.2) is 44.0 Å². The zero-order valence-electron chi connectivity index (χ0n) is 11.8. The number of likely N-dealkylation sites (N-methyl/N-ethyl adjacent to an activating group) is 1. The Kier molecular flexibility index (Phi) is 9.52. The third-order valence-electron chi connectivity index (χ3n) is 2.30. The first kappa shape index (κ1) is 18.5. The molecule has 0 atom stereocenters. The molecular weight excluding hydrogens is 371 g/mol. The molecule has 0 radical (unpaired) electrons. The van der Waals surface area contributed by atoms with Crippen LogP contribution in [0.1, 0.15) is 5.76 Å². The van der Waals surface area contributed by atoms with Crippen LogP contribution in [-0.2, 0) is 11.3 Å². The maximum atomic E-state index is 11.5. The zero-order chi connectivity index (χ0) is 14.1. The Bertz CT molecular complexity index is 430. The van der Waals surface area contributed by atoms with Gasteiger partial charge >= 0.3 is 0 Å². The Labute approximate surface area is 136 Å². The van der Waals surface area contributed by atoms with Crippen molar-refractivity contribution in [1.82, 2.24) is 15.5 Å². The van der Waals surface area contributed by atoms with Gasteiger partial charge < -0.3 is 20.0 Å². The molecule has 0 aliphatic carbocycles. The monoisotopic (exact) mass is 392 g/mol. The number of hydrogen-bond donors (Lipinski definition) is 2. The number of carbonyl (C=O) groups is 1. The third kappa shape index (κ3) is 7.17. The van der Waals surface area contributed by atoms with Crippen LogP contribution < -0.4 is 10.6 Å². The van der Waals surface area contributed by atoms with E-state index in [0.717, 1.165) is 5.76 Å². The van der Waals surface area contributed by atoms with E-state index >= 15 is 0 Å². The van der Waals surface area contributed by atoms with E-state index in [2.05, 4.69) is 22.2 Å². The van der Waals surface area contributed by atoms with Crippen LogP contribution in [0.4, 0.5) is 0 Å². The zero-order valence-corrected chi connectivity index (χ0v) is 14.1. The first-order valence-corrected chi connectivity index (χ1v) is 5.99. The Balaban J connectivity index is 0.00000361. The second-order valence-electron chi connectivity index (χ2n) is 4.06. The number of furan rings is 1. The van der Waals surface area contributed by atoms with Gasteiger partial charge in [-0.25, -0.2) is 4.99 Å². The predicted octanol–water partition coefficient (Wildman–Crippen LogP) is 1.21. The van der Waals surface area contributed by atoms with Gasteiger partial charge in [0.1, 0.15) is 12.3 Å². The van der Waals surface area contributed by atoms with E-state index in [4.69, 9.17) is 4.42 Å². The van der Waals surface area contributed by atoms with Gasteiger partial charge in [0.05, 0.1) is 12.8 Å². The Morgan fingerprint density at radius 3 is 2.80 bits per heavy atom. The number of nitrogens with one attached hydrogen (secondary N) is 2. The molecule has 0 aromatic carbocycles. The minimum atomic E-state index is -0.0577. The minimum Gasteiger partial charge on any atom is -0.467 e. The number of rotatable bonds is 6. The molecule has 1 rings (SSSR count). The largest absolute Gasteiger partial charge is 0.467 e. The van der Waals surface area contributed by atoms with Crippen LogP contribution in [0.5, 0.6) is 0 Å². The lowest BCUT2D eigenvalue weighted by atomic mass is 10.4. The predicted molar refractivity (Wildman–Crippen MR) is 90.2 cm³/mol. The van der Waals surface area contributed by atoms with Crippen molar-refractivity contribution in [1.29, 1.82) is 0 Å². The van der Waals surface area contributed by atoms with Crippen molar-refractivity contribution >= 4 is 35.8 Å². The average Bonchev–Trinajstić information content (AvgIpc) is 2.90. The van der Waals surface area contributed by atoms with Crippen molar-refractivity contribution in [3.05, 3.63) is 36.8 Å². The van der Waals surface area contributed by atoms with Crippen LogP contribution >= 0.6 is 24.0 Å². The minimum absolute atomic E-state index is 0. The summed E-state index contributed by atoms with van der Waals surface area (Å²) in [5.74, 6) is 1.29. The summed E-state index contributed by atoms with van der Waals surface area (Å²) >= 11 is 0. The van der Waals surface area contributed by atoms with E-state index in [-0.39, 0.29) is 36.4 Å². The molecule has 0 fully saturated rings. The Morgan fingerprint density at radius 1 is 1.50 bits per heavy atom. The fourth-order valence-electron chi connectivity index (χ4n) is 1.22. The van der Waals surface area contributed by atoms with Crippen LogP contribution in [0.2, 0.25) is 0 Å². The van der Waals surface area contributed by atoms with E-state index < -0.39 is 0 Å². The summed E-state index contributed by atoms with van der Waals surface area (Å²) in [6.07, 6.45) is 3.33. The lowest BCUT2D eigenvalue weighted by molar-refractivity contribution is -0.127. The highest BCUT2D eigenvalue weighted by molar-refractivity contribution is 14.0. The second-order valence-corrected chi connectivity index (χ2v) is 4.06. The molecule has 112 valence electrons. The second kappa shape index (κ2) is 10.3. The number of carbonyl (C=O) groups excluding carboxylic acids is 1. The number of halogens is 1. The molecule has 0 unspecified atom stereocenters. The van der Waals surface area contributed by atoms with Crippen molar-refractivity contribution < 1.29 is 9.21 Å². The number of amides is 1. The molecular formula is C13H21IN4O2. The van der Waals surface area contributed by atoms with Gasteiger partial charge in [-0.05, 0) is 12.1 Å². The fraction of sp³-hybridized carbons (Fsp3) is 0.385. The normalized spacial score (nSPS) is 10.4. The summed E-state index contributed by atoms with van der Waals surface area (Å²) < 4.78 is 5.21. The van der Waals surface area contributed by atoms with Gasteiger partial charge in [-0.2, -0.15) is 0 Å². The summed E-state index contributed by atoms with van der Waals surface area (Å²) in [7, 11) is 3.40. The highest BCUT2D eigenvalue weighted by Crippen LogP contribution is 1.98. The van der Waals surface area contributed by atoms with Crippen LogP contribution in [0.3, 0.4) is 0 Å². The molecule has 2 N–H and O–H groups in total. The van der Waals surface area contributed by atoms with Crippen molar-refractivity contribution in [2.24, 2.45) is 4.99 Å². The van der Waals surface area contributed by atoms with Gasteiger partial charge in [0.2, 0.25) is 5.91 Å². The van der Waals surface area contributed by atoms with Crippen molar-refractivity contribution in [2.75, 3.05) is 27.2 Å². The van der Waals surface area contributed by atoms with Crippen LogP contribution in [0.15, 0.2) is 40.5 Å². The number of hydrogen-bond acceptors (Lipinski definition) is 3. The van der Waals surface area contributed by atoms with Crippen molar-refractivity contribution in [2.45, 2.75) is 6.54 Å². The highest BCUT2D eigenvalue weighted by atomic mass is 127. The smallest absolute Gasteiger partial charge is 0.243 e. The van der Waals surface area contributed by atoms with E-state index in [0.29, 0.717) is 19.0 Å². The summed E-state index contributed by atoms with van der Waals surface area (Å²) in [6.45, 7) is 4.80. The number of aliphatic imine (C=N–C) groups is 1. The molecule has 1 amide bonds. The fourth-order valence-corrected chi connectivity index (χ4v) is 1.22. The quantitative estimate of drug-likeness (QED) is 0.331. The molecule has 6 nitrogen and oxygen atoms in total. The summed E-state index contributed by atoms with van der Waals surface area (Å²) in [6, 6.07) is 3.68. The van der Waals surface area contributed by atoms with Crippen molar-refractivity contribution in [3.63, 3.8) is 0 Å². The standard InChI is InChI=1S/C13H20N4O2.HI/c1-4-7-14-13(16-10-12(18)17(2)3)15-9-11-6-5-8-19-11;/h4-6,8H,1,7,9-10H2,2-3H3,(H2,14,15,16);1H. The maximum absolute atomic E-state index is 11.5. The maximum Gasteiger partial charge on any atom is 0.243 e. The van der Waals surface area contributed by atoms with Crippen LogP contribution in [0.25, 0.3) is 0 Å². The Hall–Kier alpha value is -1.51. The topological polar surface area (TPSA) is 69.9 Å². The van der Waals surface area contributed by atoms with Gasteiger partial charge in [-0.1, -0.05) is 6.08 Å². The molecule has 1 aromatic heterocycles. The highest BCUT2D eigenvalue weighted by Gasteiger charge is 2.04. The summed E-state index contributed by atoms with van der Waals surface area (Å²) in [4.78, 5) is 17.2. The van der Waals surface area contributed by atoms with Gasteiger partial charge in [0, 0.05) is 20.6 Å². The SMILES string of the molecule is C=CCNC(=NCC(=O)N(C)C)NCc1ccco1.I. The summed E-state index contributed by atoms with van der Waals surface area (Å²) in [5, 5.41) is 6.11. The first-order chi connectivity index (χ1) is 9.13. The summed E-state index contributed by atoms with van der Waals surface area (Å²) in [5.41, 5.74) is 0. The van der Waals surface area contributed by atoms with E-state index in [1.807, 2.05) is 12.1 Å². The first-order valence-electron chi connectivity index (χ1n) is 5.99. The Morgan fingerprint density at radius 2 is 2.25 bits per heavy atom. The van der Waals surface area contributed by atoms with Gasteiger partial charge in [-0.15, -0.1) is 30.6 Å². The molecule has 7 heteroatoms. The molecule has 20 heavy (non-hydrogen) atoms. The van der Waals surface area contributed by atoms with E-state index in [1.54, 1.807) is 26.4 Å². The van der Waals surface area contributed by atoms with E-state index in [9.17, 15) is 4.79 Å². The van der Waals surface area contributed by atoms with Crippen LogP contribution in [0, 0.1) is 0 Å². The van der Waals surface area contributed by atoms with Gasteiger partial charge in [-0.3, -0.25) is 4.79 Å². The van der Waals surface area contributed by atoms with Gasteiger partial charge in [0.15, 0.2) is 5.96 Å². The lowest BCUT2D eigenvalue weighted by Gasteiger charge is -2.12. The molecule has 0 saturated carbocycles. The molecule has 0 saturated heterocycles. The molecule has 1 heterocycles. The third-order valence-corrected chi connectivity index (χ3v) is 2.30. The van der Waals surface area contributed by atoms with E-state index in [1.165, 1.54) is 4.90 Å². The molecule has 0 spiro atoms. The van der Waals surface area contributed by atoms with Crippen molar-refractivity contribution in [3.8, 4) is 0 Å². The molecule has 0 aliphatic heterocycles. The number of guanidine groups is 1. The molecule has 0 aliphatic rings. The lowest BCUT2D eigenvalue weighted by Crippen LogP contribution is -2.38. The molecule has 1 aromatic rings. The average molecular weight is 392 g/mol.